The molecule has 0 bridgehead atoms. The number of carbonyl (C=O) groups is 1. The lowest BCUT2D eigenvalue weighted by Gasteiger charge is -2.38. The summed E-state index contributed by atoms with van der Waals surface area (Å²) in [5.74, 6) is 2.54. The SMILES string of the molecule is COC(=O)C[C@@H](C#C[Si](C(C)C)(C(C)C)C(C)C)c1ccc(F)cc1. The van der Waals surface area contributed by atoms with Gasteiger partial charge in [-0.2, -0.15) is 0 Å². The minimum Gasteiger partial charge on any atom is -0.469 e. The van der Waals surface area contributed by atoms with Gasteiger partial charge in [-0.3, -0.25) is 4.79 Å². The first kappa shape index (κ1) is 21.4. The maximum Gasteiger partial charge on any atom is 0.307 e. The Morgan fingerprint density at radius 1 is 1.04 bits per heavy atom. The third kappa shape index (κ3) is 5.18. The van der Waals surface area contributed by atoms with Crippen molar-refractivity contribution in [2.45, 2.75) is 70.5 Å². The molecule has 1 rings (SSSR count). The molecule has 0 unspecified atom stereocenters. The summed E-state index contributed by atoms with van der Waals surface area (Å²) >= 11 is 0. The van der Waals surface area contributed by atoms with Crippen molar-refractivity contribution in [3.8, 4) is 11.5 Å². The fourth-order valence-electron chi connectivity index (χ4n) is 3.84. The van der Waals surface area contributed by atoms with Gasteiger partial charge in [0.1, 0.15) is 13.9 Å². The molecule has 0 aliphatic carbocycles. The molecule has 0 fully saturated rings. The van der Waals surface area contributed by atoms with Gasteiger partial charge in [0, 0.05) is 0 Å². The second kappa shape index (κ2) is 9.19. The van der Waals surface area contributed by atoms with Gasteiger partial charge in [0.25, 0.3) is 0 Å². The van der Waals surface area contributed by atoms with E-state index in [1.807, 2.05) is 0 Å². The van der Waals surface area contributed by atoms with E-state index in [1.165, 1.54) is 19.2 Å². The lowest BCUT2D eigenvalue weighted by atomic mass is 9.97. The largest absolute Gasteiger partial charge is 0.469 e. The number of hydrogen-bond acceptors (Lipinski definition) is 2. The number of esters is 1. The van der Waals surface area contributed by atoms with Gasteiger partial charge in [-0.1, -0.05) is 53.7 Å². The average Bonchev–Trinajstić information content (AvgIpc) is 2.53. The number of carbonyl (C=O) groups excluding carboxylic acids is 1. The van der Waals surface area contributed by atoms with Crippen LogP contribution in [0.15, 0.2) is 24.3 Å². The molecule has 0 amide bonds. The van der Waals surface area contributed by atoms with Gasteiger partial charge in [-0.15, -0.1) is 11.5 Å². The van der Waals surface area contributed by atoms with E-state index in [2.05, 4.69) is 53.0 Å². The van der Waals surface area contributed by atoms with E-state index in [0.717, 1.165) is 5.56 Å². The molecule has 1 aromatic carbocycles. The minimum atomic E-state index is -1.88. The normalized spacial score (nSPS) is 12.9. The molecular weight excluding hydrogens is 331 g/mol. The van der Waals surface area contributed by atoms with Crippen molar-refractivity contribution in [1.29, 1.82) is 0 Å². The van der Waals surface area contributed by atoms with Crippen LogP contribution in [-0.2, 0) is 9.53 Å². The summed E-state index contributed by atoms with van der Waals surface area (Å²) in [6.45, 7) is 13.5. The number of halogens is 1. The van der Waals surface area contributed by atoms with Gasteiger partial charge < -0.3 is 4.74 Å². The monoisotopic (exact) mass is 362 g/mol. The lowest BCUT2D eigenvalue weighted by molar-refractivity contribution is -0.140. The fourth-order valence-corrected chi connectivity index (χ4v) is 9.13. The van der Waals surface area contributed by atoms with Crippen LogP contribution in [0.4, 0.5) is 4.39 Å². The van der Waals surface area contributed by atoms with Crippen LogP contribution in [0.3, 0.4) is 0 Å². The van der Waals surface area contributed by atoms with E-state index in [1.54, 1.807) is 12.1 Å². The molecule has 0 spiro atoms. The molecule has 0 radical (unpaired) electrons. The van der Waals surface area contributed by atoms with Crippen LogP contribution in [-0.4, -0.2) is 21.2 Å². The Bertz CT molecular complexity index is 602. The molecule has 1 atom stereocenters. The van der Waals surface area contributed by atoms with Crippen LogP contribution < -0.4 is 0 Å². The Morgan fingerprint density at radius 3 is 1.92 bits per heavy atom. The third-order valence-corrected chi connectivity index (χ3v) is 11.5. The number of rotatable bonds is 6. The predicted molar refractivity (Wildman–Crippen MR) is 105 cm³/mol. The van der Waals surface area contributed by atoms with Crippen LogP contribution in [0.25, 0.3) is 0 Å². The Morgan fingerprint density at radius 2 is 1.52 bits per heavy atom. The minimum absolute atomic E-state index is 0.188. The zero-order valence-corrected chi connectivity index (χ0v) is 17.5. The van der Waals surface area contributed by atoms with E-state index in [0.29, 0.717) is 16.6 Å². The molecule has 25 heavy (non-hydrogen) atoms. The molecule has 0 N–H and O–H groups in total. The summed E-state index contributed by atoms with van der Waals surface area (Å²) in [6, 6.07) is 6.25. The van der Waals surface area contributed by atoms with Crippen molar-refractivity contribution >= 4 is 14.0 Å². The highest BCUT2D eigenvalue weighted by molar-refractivity contribution is 6.90. The van der Waals surface area contributed by atoms with E-state index >= 15 is 0 Å². The maximum atomic E-state index is 13.3. The van der Waals surface area contributed by atoms with Crippen molar-refractivity contribution in [3.05, 3.63) is 35.6 Å². The first-order valence-corrected chi connectivity index (χ1v) is 11.2. The fraction of sp³-hybridized carbons (Fsp3) is 0.571. The standard InChI is InChI=1S/C21H31FO2Si/c1-15(2)25(16(3)4,17(5)6)13-12-19(14-21(23)24-7)18-8-10-20(22)11-9-18/h8-11,15-17,19H,14H2,1-7H3/t19-/m1/s1. The quantitative estimate of drug-likeness (QED) is 0.369. The van der Waals surface area contributed by atoms with Gasteiger partial charge in [-0.05, 0) is 34.3 Å². The van der Waals surface area contributed by atoms with Gasteiger partial charge in [0.15, 0.2) is 0 Å². The molecule has 2 nitrogen and oxygen atoms in total. The molecule has 4 heteroatoms. The Hall–Kier alpha value is -1.60. The molecule has 0 aromatic heterocycles. The summed E-state index contributed by atoms with van der Waals surface area (Å²) in [7, 11) is -0.501. The summed E-state index contributed by atoms with van der Waals surface area (Å²) in [4.78, 5) is 11.8. The number of benzene rings is 1. The molecule has 0 heterocycles. The van der Waals surface area contributed by atoms with Gasteiger partial charge >= 0.3 is 5.97 Å². The molecule has 0 saturated heterocycles. The number of ether oxygens (including phenoxy) is 1. The Balaban J connectivity index is 3.34. The molecule has 138 valence electrons. The molecule has 0 aliphatic heterocycles. The van der Waals surface area contributed by atoms with Crippen molar-refractivity contribution in [1.82, 2.24) is 0 Å². The smallest absolute Gasteiger partial charge is 0.307 e. The molecular formula is C21H31FO2Si. The first-order valence-electron chi connectivity index (χ1n) is 9.00. The van der Waals surface area contributed by atoms with E-state index in [4.69, 9.17) is 4.74 Å². The van der Waals surface area contributed by atoms with Crippen LogP contribution in [0, 0.1) is 17.3 Å². The van der Waals surface area contributed by atoms with Gasteiger partial charge in [0.2, 0.25) is 0 Å². The predicted octanol–water partition coefficient (Wildman–Crippen LogP) is 5.69. The Labute approximate surface area is 153 Å². The highest BCUT2D eigenvalue weighted by atomic mass is 28.3. The number of hydrogen-bond donors (Lipinski definition) is 0. The summed E-state index contributed by atoms with van der Waals surface area (Å²) in [6.07, 6.45) is 0.188. The van der Waals surface area contributed by atoms with Crippen LogP contribution in [0.1, 0.15) is 59.4 Å². The first-order chi connectivity index (χ1) is 11.6. The number of methoxy groups -OCH3 is 1. The van der Waals surface area contributed by atoms with Crippen molar-refractivity contribution in [2.75, 3.05) is 7.11 Å². The third-order valence-electron chi connectivity index (χ3n) is 5.20. The van der Waals surface area contributed by atoms with Crippen molar-refractivity contribution in [3.63, 3.8) is 0 Å². The molecule has 0 saturated carbocycles. The average molecular weight is 363 g/mol. The summed E-state index contributed by atoms with van der Waals surface area (Å²) in [5, 5.41) is 0. The zero-order chi connectivity index (χ0) is 19.2. The van der Waals surface area contributed by atoms with Crippen LogP contribution in [0.2, 0.25) is 16.6 Å². The molecule has 1 aromatic rings. The van der Waals surface area contributed by atoms with Gasteiger partial charge in [-0.25, -0.2) is 4.39 Å². The lowest BCUT2D eigenvalue weighted by Crippen LogP contribution is -2.43. The topological polar surface area (TPSA) is 26.3 Å². The summed E-state index contributed by atoms with van der Waals surface area (Å²) in [5.41, 5.74) is 6.08. The second-order valence-electron chi connectivity index (χ2n) is 7.55. The Kier molecular flexibility index (Phi) is 7.88. The van der Waals surface area contributed by atoms with E-state index in [9.17, 15) is 9.18 Å². The maximum absolute atomic E-state index is 13.3. The summed E-state index contributed by atoms with van der Waals surface area (Å²) < 4.78 is 18.1. The molecule has 0 aliphatic rings. The highest BCUT2D eigenvalue weighted by Crippen LogP contribution is 2.41. The van der Waals surface area contributed by atoms with Crippen molar-refractivity contribution < 1.29 is 13.9 Å². The van der Waals surface area contributed by atoms with Crippen LogP contribution in [0.5, 0.6) is 0 Å². The van der Waals surface area contributed by atoms with Crippen molar-refractivity contribution in [2.24, 2.45) is 0 Å². The second-order valence-corrected chi connectivity index (χ2v) is 13.1. The van der Waals surface area contributed by atoms with E-state index < -0.39 is 8.07 Å². The highest BCUT2D eigenvalue weighted by Gasteiger charge is 2.41. The zero-order valence-electron chi connectivity index (χ0n) is 16.5. The van der Waals surface area contributed by atoms with Gasteiger partial charge in [0.05, 0.1) is 19.4 Å². The van der Waals surface area contributed by atoms with Crippen LogP contribution >= 0.6 is 0 Å². The van der Waals surface area contributed by atoms with E-state index in [-0.39, 0.29) is 24.1 Å².